The second-order valence-electron chi connectivity index (χ2n) is 5.50. The van der Waals surface area contributed by atoms with Crippen LogP contribution in [0, 0.1) is 6.92 Å². The summed E-state index contributed by atoms with van der Waals surface area (Å²) in [4.78, 5) is 24.7. The summed E-state index contributed by atoms with van der Waals surface area (Å²) in [6.07, 6.45) is 4.94. The van der Waals surface area contributed by atoms with Crippen molar-refractivity contribution in [2.24, 2.45) is 0 Å². The smallest absolute Gasteiger partial charge is 0.274 e. The zero-order valence-electron chi connectivity index (χ0n) is 13.7. The van der Waals surface area contributed by atoms with E-state index in [1.54, 1.807) is 42.9 Å². The van der Waals surface area contributed by atoms with Crippen LogP contribution in [0.15, 0.2) is 55.0 Å². The Morgan fingerprint density at radius 2 is 2.00 bits per heavy atom. The normalized spacial score (nSPS) is 10.3. The van der Waals surface area contributed by atoms with Gasteiger partial charge in [-0.05, 0) is 42.8 Å². The van der Waals surface area contributed by atoms with E-state index in [4.69, 9.17) is 5.73 Å². The van der Waals surface area contributed by atoms with E-state index in [9.17, 15) is 4.79 Å². The van der Waals surface area contributed by atoms with Gasteiger partial charge >= 0.3 is 0 Å². The van der Waals surface area contributed by atoms with Gasteiger partial charge < -0.3 is 16.4 Å². The molecule has 1 amide bonds. The highest BCUT2D eigenvalue weighted by atomic mass is 16.1. The van der Waals surface area contributed by atoms with Crippen molar-refractivity contribution in [1.82, 2.24) is 15.0 Å². The van der Waals surface area contributed by atoms with Crippen LogP contribution in [0.2, 0.25) is 0 Å². The second kappa shape index (κ2) is 7.39. The Kier molecular flexibility index (Phi) is 4.84. The number of anilines is 3. The minimum atomic E-state index is -0.262. The molecule has 3 rings (SSSR count). The number of aromatic nitrogens is 3. The number of amides is 1. The molecule has 4 N–H and O–H groups in total. The molecule has 3 heterocycles. The van der Waals surface area contributed by atoms with Gasteiger partial charge in [0, 0.05) is 24.3 Å². The number of hydrogen-bond donors (Lipinski definition) is 3. The third-order valence-corrected chi connectivity index (χ3v) is 3.52. The predicted octanol–water partition coefficient (Wildman–Crippen LogP) is 2.63. The van der Waals surface area contributed by atoms with Gasteiger partial charge in [0.1, 0.15) is 11.5 Å². The van der Waals surface area contributed by atoms with Gasteiger partial charge in [0.2, 0.25) is 0 Å². The molecule has 7 heteroatoms. The molecule has 0 aliphatic heterocycles. The molecule has 126 valence electrons. The Hall–Kier alpha value is -3.48. The van der Waals surface area contributed by atoms with Gasteiger partial charge in [-0.25, -0.2) is 4.98 Å². The van der Waals surface area contributed by atoms with Crippen molar-refractivity contribution in [3.05, 3.63) is 71.9 Å². The summed E-state index contributed by atoms with van der Waals surface area (Å²) < 4.78 is 0. The van der Waals surface area contributed by atoms with Gasteiger partial charge in [-0.3, -0.25) is 14.8 Å². The minimum Gasteiger partial charge on any atom is -0.382 e. The number of pyridine rings is 3. The molecule has 0 unspecified atom stereocenters. The van der Waals surface area contributed by atoms with Crippen LogP contribution in [0.4, 0.5) is 17.2 Å². The molecule has 0 saturated heterocycles. The van der Waals surface area contributed by atoms with Crippen LogP contribution in [-0.2, 0) is 6.54 Å². The number of nitrogens with two attached hydrogens (primary N) is 1. The van der Waals surface area contributed by atoms with Gasteiger partial charge in [0.25, 0.3) is 5.91 Å². The van der Waals surface area contributed by atoms with Crippen LogP contribution >= 0.6 is 0 Å². The summed E-state index contributed by atoms with van der Waals surface area (Å²) in [6.45, 7) is 2.38. The van der Waals surface area contributed by atoms with Gasteiger partial charge in [0.15, 0.2) is 0 Å². The molecular formula is C18H18N6O. The molecule has 25 heavy (non-hydrogen) atoms. The first kappa shape index (κ1) is 16.4. The van der Waals surface area contributed by atoms with E-state index in [2.05, 4.69) is 25.6 Å². The molecule has 0 aromatic carbocycles. The SMILES string of the molecule is Cc1ccc(C(=O)Nc2ccnc(CNc3cccnc3N)c2)nc1. The minimum absolute atomic E-state index is 0.262. The molecule has 3 aromatic heterocycles. The highest BCUT2D eigenvalue weighted by Crippen LogP contribution is 2.16. The maximum atomic E-state index is 12.2. The maximum absolute atomic E-state index is 12.2. The van der Waals surface area contributed by atoms with E-state index in [1.807, 2.05) is 19.1 Å². The number of nitrogens with one attached hydrogen (secondary N) is 2. The largest absolute Gasteiger partial charge is 0.382 e. The number of nitrogens with zero attached hydrogens (tertiary/aromatic N) is 3. The molecule has 0 radical (unpaired) electrons. The monoisotopic (exact) mass is 334 g/mol. The van der Waals surface area contributed by atoms with Crippen molar-refractivity contribution in [1.29, 1.82) is 0 Å². The Morgan fingerprint density at radius 1 is 1.12 bits per heavy atom. The fraction of sp³-hybridized carbons (Fsp3) is 0.111. The van der Waals surface area contributed by atoms with E-state index in [-0.39, 0.29) is 5.91 Å². The number of aryl methyl sites for hydroxylation is 1. The Labute approximate surface area is 145 Å². The van der Waals surface area contributed by atoms with Crippen molar-refractivity contribution < 1.29 is 4.79 Å². The van der Waals surface area contributed by atoms with Crippen molar-refractivity contribution in [2.75, 3.05) is 16.4 Å². The lowest BCUT2D eigenvalue weighted by atomic mass is 10.2. The zero-order valence-corrected chi connectivity index (χ0v) is 13.7. The van der Waals surface area contributed by atoms with E-state index in [1.165, 1.54) is 0 Å². The maximum Gasteiger partial charge on any atom is 0.274 e. The molecule has 0 aliphatic rings. The first-order valence-electron chi connectivity index (χ1n) is 7.75. The number of carbonyl (C=O) groups is 1. The second-order valence-corrected chi connectivity index (χ2v) is 5.50. The van der Waals surface area contributed by atoms with Crippen molar-refractivity contribution >= 4 is 23.1 Å². The molecule has 0 spiro atoms. The third-order valence-electron chi connectivity index (χ3n) is 3.52. The summed E-state index contributed by atoms with van der Waals surface area (Å²) in [6, 6.07) is 10.7. The number of rotatable bonds is 5. The van der Waals surface area contributed by atoms with Gasteiger partial charge in [-0.2, -0.15) is 0 Å². The summed E-state index contributed by atoms with van der Waals surface area (Å²) >= 11 is 0. The molecule has 0 fully saturated rings. The molecule has 0 saturated carbocycles. The van der Waals surface area contributed by atoms with Crippen LogP contribution in [0.1, 0.15) is 21.7 Å². The Bertz CT molecular complexity index is 879. The summed E-state index contributed by atoms with van der Waals surface area (Å²) in [5, 5.41) is 5.99. The highest BCUT2D eigenvalue weighted by Gasteiger charge is 2.08. The van der Waals surface area contributed by atoms with E-state index >= 15 is 0 Å². The standard InChI is InChI=1S/C18H18N6O/c1-12-4-5-16(22-10-12)18(25)24-13-6-8-20-14(9-13)11-23-15-3-2-7-21-17(15)19/h2-10,23H,11H2,1H3,(H2,19,21)(H,20,24,25). The van der Waals surface area contributed by atoms with Crippen molar-refractivity contribution in [3.8, 4) is 0 Å². The highest BCUT2D eigenvalue weighted by molar-refractivity contribution is 6.02. The average molecular weight is 334 g/mol. The third kappa shape index (κ3) is 4.29. The lowest BCUT2D eigenvalue weighted by Gasteiger charge is -2.09. The van der Waals surface area contributed by atoms with Crippen LogP contribution in [0.5, 0.6) is 0 Å². The fourth-order valence-electron chi connectivity index (χ4n) is 2.20. The van der Waals surface area contributed by atoms with Gasteiger partial charge in [0.05, 0.1) is 17.9 Å². The van der Waals surface area contributed by atoms with Crippen molar-refractivity contribution in [3.63, 3.8) is 0 Å². The molecular weight excluding hydrogens is 316 g/mol. The summed E-state index contributed by atoms with van der Waals surface area (Å²) in [5.41, 5.74) is 9.32. The lowest BCUT2D eigenvalue weighted by Crippen LogP contribution is -2.14. The Morgan fingerprint density at radius 3 is 2.76 bits per heavy atom. The fourth-order valence-corrected chi connectivity index (χ4v) is 2.20. The topological polar surface area (TPSA) is 106 Å². The van der Waals surface area contributed by atoms with Gasteiger partial charge in [-0.1, -0.05) is 6.07 Å². The van der Waals surface area contributed by atoms with E-state index in [0.717, 1.165) is 16.9 Å². The Balaban J connectivity index is 1.66. The zero-order chi connectivity index (χ0) is 17.6. The van der Waals surface area contributed by atoms with Crippen LogP contribution in [0.25, 0.3) is 0 Å². The quantitative estimate of drug-likeness (QED) is 0.662. The molecule has 3 aromatic rings. The first-order valence-corrected chi connectivity index (χ1v) is 7.75. The first-order chi connectivity index (χ1) is 12.1. The molecule has 0 aliphatic carbocycles. The average Bonchev–Trinajstić information content (AvgIpc) is 2.62. The lowest BCUT2D eigenvalue weighted by molar-refractivity contribution is 0.102. The number of hydrogen-bond acceptors (Lipinski definition) is 6. The number of nitrogen functional groups attached to an aromatic ring is 1. The van der Waals surface area contributed by atoms with Crippen LogP contribution in [0.3, 0.4) is 0 Å². The summed E-state index contributed by atoms with van der Waals surface area (Å²) in [5.74, 6) is 0.166. The van der Waals surface area contributed by atoms with Gasteiger partial charge in [-0.15, -0.1) is 0 Å². The number of carbonyl (C=O) groups excluding carboxylic acids is 1. The molecule has 0 bridgehead atoms. The van der Waals surface area contributed by atoms with E-state index < -0.39 is 0 Å². The predicted molar refractivity (Wildman–Crippen MR) is 97.1 cm³/mol. The molecule has 0 atom stereocenters. The summed E-state index contributed by atoms with van der Waals surface area (Å²) in [7, 11) is 0. The van der Waals surface area contributed by atoms with Crippen LogP contribution < -0.4 is 16.4 Å². The van der Waals surface area contributed by atoms with E-state index in [0.29, 0.717) is 23.7 Å². The van der Waals surface area contributed by atoms with Crippen molar-refractivity contribution in [2.45, 2.75) is 13.5 Å². The van der Waals surface area contributed by atoms with Crippen LogP contribution in [-0.4, -0.2) is 20.9 Å². The molecule has 7 nitrogen and oxygen atoms in total.